The Balaban J connectivity index is 1.01. The highest BCUT2D eigenvalue weighted by Gasteiger charge is 2.47. The molecule has 8 aliphatic rings. The summed E-state index contributed by atoms with van der Waals surface area (Å²) in [6.45, 7) is 14.0. The van der Waals surface area contributed by atoms with Gasteiger partial charge in [0.05, 0.1) is 48.5 Å². The molecule has 4 heteroatoms. The third kappa shape index (κ3) is 4.84. The van der Waals surface area contributed by atoms with E-state index in [2.05, 4.69) is 167 Å². The predicted molar refractivity (Wildman–Crippen MR) is 317 cm³/mol. The summed E-state index contributed by atoms with van der Waals surface area (Å²) in [6.07, 6.45) is 11.8. The molecular weight excluding hydrogens is 945 g/mol. The molecule has 8 aliphatic carbocycles. The Kier molecular flexibility index (Phi) is 7.51. The molecule has 78 heavy (non-hydrogen) atoms. The van der Waals surface area contributed by atoms with Crippen LogP contribution in [0.25, 0.3) is 81.0 Å². The molecule has 13 aromatic rings. The van der Waals surface area contributed by atoms with Crippen LogP contribution in [0.5, 0.6) is 0 Å². The van der Waals surface area contributed by atoms with Gasteiger partial charge in [0.2, 0.25) is 0 Å². The maximum absolute atomic E-state index is 11.5. The summed E-state index contributed by atoms with van der Waals surface area (Å²) >= 11 is 0. The zero-order valence-electron chi connectivity index (χ0n) is 45.9. The standard InChI is InChI=1S/C74H54N4/c1-73(28-14-4-15-29-73)40-33-50-64-55(77-57-32-39(38-75)59-60-42-18-6-10-22-46(42)62(47-23-11-7-19-43(47)60)69(59)66(57)52(35-40)71(50)77)26-27-56-65(64)51-34-41(74(2)30-16-5-17-31-74)36-53-67-58(78(56)72(51)53)37-54(76-3)68-61-44-20-8-12-24-48(44)63(70(67)68)49-25-13-9-21-45(49)61/h6-13,18-27,32-37,60-63H,4-5,14-17,28-31H2,1-2H3/i32D,37D. The van der Waals surface area contributed by atoms with Crippen LogP contribution in [0.1, 0.15) is 188 Å². The number of hydrogen-bond acceptors (Lipinski definition) is 1. The van der Waals surface area contributed by atoms with Crippen molar-refractivity contribution in [3.8, 4) is 6.07 Å². The van der Waals surface area contributed by atoms with Gasteiger partial charge in [-0.2, -0.15) is 5.26 Å². The van der Waals surface area contributed by atoms with Gasteiger partial charge in [-0.05, 0) is 163 Å². The number of fused-ring (bicyclic) bond motifs is 13. The second kappa shape index (κ2) is 14.4. The van der Waals surface area contributed by atoms with E-state index in [0.29, 0.717) is 23.3 Å². The molecule has 4 heterocycles. The van der Waals surface area contributed by atoms with Gasteiger partial charge in [0.15, 0.2) is 5.69 Å². The van der Waals surface area contributed by atoms with Crippen molar-refractivity contribution in [3.05, 3.63) is 240 Å². The Morgan fingerprint density at radius 1 is 0.462 bits per heavy atom. The van der Waals surface area contributed by atoms with Gasteiger partial charge in [0.25, 0.3) is 0 Å². The van der Waals surface area contributed by atoms with E-state index in [1.165, 1.54) is 138 Å². The summed E-state index contributed by atoms with van der Waals surface area (Å²) in [5, 5.41) is 21.0. The highest BCUT2D eigenvalue weighted by molar-refractivity contribution is 6.36. The lowest BCUT2D eigenvalue weighted by Gasteiger charge is -2.43. The van der Waals surface area contributed by atoms with E-state index in [-0.39, 0.29) is 34.5 Å². The lowest BCUT2D eigenvalue weighted by Crippen LogP contribution is -2.28. The summed E-state index contributed by atoms with van der Waals surface area (Å²) in [5.74, 6) is -0.416. The SMILES string of the molecule is [2H]c1c(C#N)c2c(c3c4cc(C5(C)CCCCC5)cc5c6c7c8cc(C9(C)CCCCC9)cc9c%10c%11c(c([N+]#[C-])c([2H])c%10n(c7ccc6n(c13)c45)c98)C1c3ccccc3C%11c3ccccc31)C1c3ccccc3C2c2ccccc21. The highest BCUT2D eigenvalue weighted by atomic mass is 14.9. The first-order chi connectivity index (χ1) is 39.2. The monoisotopic (exact) mass is 1000 g/mol. The first-order valence-electron chi connectivity index (χ1n) is 29.9. The van der Waals surface area contributed by atoms with Gasteiger partial charge >= 0.3 is 0 Å². The van der Waals surface area contributed by atoms with E-state index >= 15 is 0 Å². The number of hydrogen-bond donors (Lipinski definition) is 0. The van der Waals surface area contributed by atoms with Crippen LogP contribution in [0.3, 0.4) is 0 Å². The molecule has 0 saturated heterocycles. The van der Waals surface area contributed by atoms with Gasteiger partial charge in [-0.25, -0.2) is 4.85 Å². The van der Waals surface area contributed by atoms with Gasteiger partial charge in [-0.1, -0.05) is 149 Å². The lowest BCUT2D eigenvalue weighted by molar-refractivity contribution is 0.320. The molecule has 4 nitrogen and oxygen atoms in total. The molecule has 0 unspecified atom stereocenters. The molecular formula is C74H54N4. The number of nitriles is 1. The Hall–Kier alpha value is -8.44. The molecule has 2 fully saturated rings. The molecule has 21 rings (SSSR count). The molecule has 9 aromatic carbocycles. The van der Waals surface area contributed by atoms with E-state index in [0.717, 1.165) is 80.7 Å². The summed E-state index contributed by atoms with van der Waals surface area (Å²) in [6, 6.07) is 53.7. The van der Waals surface area contributed by atoms with Crippen molar-refractivity contribution in [3.63, 3.8) is 0 Å². The molecule has 4 bridgehead atoms. The van der Waals surface area contributed by atoms with Crippen molar-refractivity contribution in [1.82, 2.24) is 8.80 Å². The number of benzene rings is 9. The van der Waals surface area contributed by atoms with Gasteiger partial charge in [0.1, 0.15) is 0 Å². The van der Waals surface area contributed by atoms with Crippen molar-refractivity contribution >= 4 is 81.9 Å². The molecule has 2 saturated carbocycles. The average molecular weight is 1000 g/mol. The lowest BCUT2D eigenvalue weighted by atomic mass is 9.59. The van der Waals surface area contributed by atoms with E-state index in [1.54, 1.807) is 0 Å². The molecule has 370 valence electrons. The van der Waals surface area contributed by atoms with E-state index in [1.807, 2.05) is 0 Å². The Labute approximate surface area is 455 Å². The van der Waals surface area contributed by atoms with Crippen LogP contribution < -0.4 is 0 Å². The maximum Gasteiger partial charge on any atom is 0.193 e. The summed E-state index contributed by atoms with van der Waals surface area (Å²) in [7, 11) is 0. The second-order valence-electron chi connectivity index (χ2n) is 25.2. The molecule has 0 amide bonds. The van der Waals surface area contributed by atoms with Crippen molar-refractivity contribution in [2.24, 2.45) is 0 Å². The Bertz CT molecular complexity index is 4720. The smallest absolute Gasteiger partial charge is 0.193 e. The van der Waals surface area contributed by atoms with Gasteiger partial charge < -0.3 is 8.80 Å². The maximum atomic E-state index is 11.5. The third-order valence-corrected chi connectivity index (χ3v) is 21.6. The van der Waals surface area contributed by atoms with Crippen LogP contribution in [0.15, 0.2) is 146 Å². The van der Waals surface area contributed by atoms with Crippen LogP contribution in [-0.4, -0.2) is 8.80 Å². The molecule has 4 aromatic heterocycles. The topological polar surface area (TPSA) is 37.0 Å². The number of rotatable bonds is 2. The predicted octanol–water partition coefficient (Wildman–Crippen LogP) is 18.8. The fourth-order valence-electron chi connectivity index (χ4n) is 18.2. The fraction of sp³-hybridized carbons (Fsp3) is 0.243. The minimum atomic E-state index is -0.137. The Morgan fingerprint density at radius 2 is 0.808 bits per heavy atom. The largest absolute Gasteiger partial charge is 0.309 e. The average Bonchev–Trinajstić information content (AvgIpc) is 4.14. The number of aromatic nitrogens is 2. The highest BCUT2D eigenvalue weighted by Crippen LogP contribution is 2.63. The summed E-state index contributed by atoms with van der Waals surface area (Å²) < 4.78 is 25.9. The molecule has 0 radical (unpaired) electrons. The fourth-order valence-corrected chi connectivity index (χ4v) is 18.2. The first-order valence-corrected chi connectivity index (χ1v) is 28.9. The zero-order valence-corrected chi connectivity index (χ0v) is 43.9. The van der Waals surface area contributed by atoms with Crippen LogP contribution in [-0.2, 0) is 10.8 Å². The summed E-state index contributed by atoms with van der Waals surface area (Å²) in [4.78, 5) is 4.41. The third-order valence-electron chi connectivity index (χ3n) is 21.6. The van der Waals surface area contributed by atoms with Crippen molar-refractivity contribution in [2.75, 3.05) is 0 Å². The minimum Gasteiger partial charge on any atom is -0.309 e. The quantitative estimate of drug-likeness (QED) is 0.159. The van der Waals surface area contributed by atoms with E-state index in [4.69, 9.17) is 6.57 Å². The van der Waals surface area contributed by atoms with E-state index in [9.17, 15) is 8.00 Å². The molecule has 0 atom stereocenters. The van der Waals surface area contributed by atoms with Gasteiger partial charge in [-0.3, -0.25) is 0 Å². The van der Waals surface area contributed by atoms with Crippen molar-refractivity contribution < 1.29 is 2.74 Å². The van der Waals surface area contributed by atoms with Crippen LogP contribution in [0.4, 0.5) is 5.69 Å². The van der Waals surface area contributed by atoms with E-state index < -0.39 is 0 Å². The van der Waals surface area contributed by atoms with Crippen molar-refractivity contribution in [1.29, 1.82) is 5.26 Å². The normalized spacial score (nSPS) is 21.5. The zero-order chi connectivity index (χ0) is 53.0. The van der Waals surface area contributed by atoms with Crippen LogP contribution in [0, 0.1) is 17.9 Å². The molecule has 0 aliphatic heterocycles. The van der Waals surface area contributed by atoms with Crippen LogP contribution in [0.2, 0.25) is 0 Å². The minimum absolute atomic E-state index is 0.0374. The summed E-state index contributed by atoms with van der Waals surface area (Å²) in [5.41, 5.74) is 24.4. The number of nitrogens with zero attached hydrogens (tertiary/aromatic N) is 4. The van der Waals surface area contributed by atoms with Gasteiger partial charge in [0, 0.05) is 72.3 Å². The molecule has 0 N–H and O–H groups in total. The van der Waals surface area contributed by atoms with Crippen LogP contribution >= 0.6 is 0 Å². The molecule has 0 spiro atoms. The first kappa shape index (κ1) is 40.8. The Morgan fingerprint density at radius 3 is 1.19 bits per heavy atom. The second-order valence-corrected chi connectivity index (χ2v) is 25.2. The van der Waals surface area contributed by atoms with Gasteiger partial charge in [-0.15, -0.1) is 0 Å². The van der Waals surface area contributed by atoms with Crippen molar-refractivity contribution in [2.45, 2.75) is 113 Å².